The van der Waals surface area contributed by atoms with Crippen LogP contribution in [-0.2, 0) is 0 Å². The summed E-state index contributed by atoms with van der Waals surface area (Å²) in [6.45, 7) is 12.3. The van der Waals surface area contributed by atoms with Gasteiger partial charge in [0.1, 0.15) is 0 Å². The van der Waals surface area contributed by atoms with Crippen molar-refractivity contribution in [1.29, 1.82) is 0 Å². The monoisotopic (exact) mass is 285 g/mol. The molecule has 2 amide bonds. The quantitative estimate of drug-likeness (QED) is 0.716. The summed E-state index contributed by atoms with van der Waals surface area (Å²) in [4.78, 5) is 14.0. The first kappa shape index (κ1) is 17.2. The van der Waals surface area contributed by atoms with E-state index in [9.17, 15) is 9.90 Å². The number of aliphatic hydroxyl groups is 1. The summed E-state index contributed by atoms with van der Waals surface area (Å²) in [6, 6.07) is -0.196. The van der Waals surface area contributed by atoms with Crippen molar-refractivity contribution < 1.29 is 9.90 Å². The molecule has 0 aromatic rings. The van der Waals surface area contributed by atoms with Crippen LogP contribution in [0.15, 0.2) is 0 Å². The van der Waals surface area contributed by atoms with Gasteiger partial charge in [-0.3, -0.25) is 0 Å². The van der Waals surface area contributed by atoms with E-state index in [2.05, 4.69) is 22.5 Å². The number of urea groups is 1. The summed E-state index contributed by atoms with van der Waals surface area (Å²) in [7, 11) is 0. The zero-order chi connectivity index (χ0) is 15.2. The largest absolute Gasteiger partial charge is 0.391 e. The molecule has 0 spiro atoms. The predicted octanol–water partition coefficient (Wildman–Crippen LogP) is 1.42. The van der Waals surface area contributed by atoms with Crippen molar-refractivity contribution in [3.63, 3.8) is 0 Å². The van der Waals surface area contributed by atoms with Crippen molar-refractivity contribution in [2.75, 3.05) is 32.7 Å². The van der Waals surface area contributed by atoms with Crippen LogP contribution in [0.25, 0.3) is 0 Å². The number of hydrogen-bond donors (Lipinski definition) is 3. The maximum Gasteiger partial charge on any atom is 0.314 e. The second-order valence-electron chi connectivity index (χ2n) is 7.07. The lowest BCUT2D eigenvalue weighted by atomic mass is 9.89. The average molecular weight is 285 g/mol. The lowest BCUT2D eigenvalue weighted by Gasteiger charge is -2.30. The first-order valence-corrected chi connectivity index (χ1v) is 7.71. The van der Waals surface area contributed by atoms with Gasteiger partial charge in [0, 0.05) is 26.2 Å². The molecule has 1 heterocycles. The zero-order valence-corrected chi connectivity index (χ0v) is 13.4. The van der Waals surface area contributed by atoms with Crippen LogP contribution >= 0.6 is 0 Å². The molecule has 5 nitrogen and oxygen atoms in total. The normalized spacial score (nSPS) is 22.4. The van der Waals surface area contributed by atoms with E-state index < -0.39 is 6.10 Å². The SMILES string of the molecule is CC1CCCN(CCNC(=O)NCC(O)C(C)(C)C)C1. The van der Waals surface area contributed by atoms with Crippen molar-refractivity contribution >= 4 is 6.03 Å². The fourth-order valence-electron chi connectivity index (χ4n) is 2.38. The first-order valence-electron chi connectivity index (χ1n) is 7.71. The van der Waals surface area contributed by atoms with Gasteiger partial charge in [0.05, 0.1) is 6.10 Å². The number of hydrogen-bond acceptors (Lipinski definition) is 3. The molecule has 1 saturated heterocycles. The maximum atomic E-state index is 11.6. The van der Waals surface area contributed by atoms with E-state index in [1.54, 1.807) is 0 Å². The van der Waals surface area contributed by atoms with Crippen LogP contribution in [0.1, 0.15) is 40.5 Å². The third-order valence-corrected chi connectivity index (χ3v) is 3.91. The summed E-state index contributed by atoms with van der Waals surface area (Å²) in [6.07, 6.45) is 2.04. The van der Waals surface area contributed by atoms with Crippen molar-refractivity contribution in [1.82, 2.24) is 15.5 Å². The van der Waals surface area contributed by atoms with E-state index in [1.807, 2.05) is 20.8 Å². The molecule has 0 aliphatic carbocycles. The van der Waals surface area contributed by atoms with Crippen LogP contribution in [0.4, 0.5) is 4.79 Å². The minimum absolute atomic E-state index is 0.196. The molecule has 20 heavy (non-hydrogen) atoms. The molecule has 1 rings (SSSR count). The molecule has 0 aromatic carbocycles. The van der Waals surface area contributed by atoms with Gasteiger partial charge >= 0.3 is 6.03 Å². The Hall–Kier alpha value is -0.810. The summed E-state index contributed by atoms with van der Waals surface area (Å²) < 4.78 is 0. The minimum Gasteiger partial charge on any atom is -0.391 e. The minimum atomic E-state index is -0.531. The fourth-order valence-corrected chi connectivity index (χ4v) is 2.38. The molecular formula is C15H31N3O2. The topological polar surface area (TPSA) is 64.6 Å². The standard InChI is InChI=1S/C15H31N3O2/c1-12-6-5-8-18(11-12)9-7-16-14(20)17-10-13(19)15(2,3)4/h12-13,19H,5-11H2,1-4H3,(H2,16,17,20). The van der Waals surface area contributed by atoms with Gasteiger partial charge < -0.3 is 20.6 Å². The molecule has 0 aromatic heterocycles. The number of aliphatic hydroxyl groups excluding tert-OH is 1. The smallest absolute Gasteiger partial charge is 0.314 e. The number of nitrogens with zero attached hydrogens (tertiary/aromatic N) is 1. The molecule has 118 valence electrons. The highest BCUT2D eigenvalue weighted by Crippen LogP contribution is 2.18. The average Bonchev–Trinajstić information content (AvgIpc) is 2.35. The second-order valence-corrected chi connectivity index (χ2v) is 7.07. The molecule has 1 aliphatic heterocycles. The maximum absolute atomic E-state index is 11.6. The summed E-state index contributed by atoms with van der Waals surface area (Å²) in [5, 5.41) is 15.4. The zero-order valence-electron chi connectivity index (χ0n) is 13.4. The Morgan fingerprint density at radius 2 is 2.10 bits per heavy atom. The molecule has 0 saturated carbocycles. The van der Waals surface area contributed by atoms with E-state index in [0.29, 0.717) is 6.54 Å². The Morgan fingerprint density at radius 1 is 1.40 bits per heavy atom. The number of amides is 2. The van der Waals surface area contributed by atoms with Gasteiger partial charge in [0.15, 0.2) is 0 Å². The summed E-state index contributed by atoms with van der Waals surface area (Å²) in [5.41, 5.74) is -0.211. The summed E-state index contributed by atoms with van der Waals surface area (Å²) >= 11 is 0. The molecule has 0 radical (unpaired) electrons. The van der Waals surface area contributed by atoms with Crippen LogP contribution in [0.3, 0.4) is 0 Å². The third kappa shape index (κ3) is 6.57. The van der Waals surface area contributed by atoms with Crippen LogP contribution in [-0.4, -0.2) is 54.9 Å². The van der Waals surface area contributed by atoms with Gasteiger partial charge in [0.2, 0.25) is 0 Å². The number of nitrogens with one attached hydrogen (secondary N) is 2. The van der Waals surface area contributed by atoms with Crippen LogP contribution < -0.4 is 10.6 Å². The number of carbonyl (C=O) groups is 1. The van der Waals surface area contributed by atoms with Crippen molar-refractivity contribution in [3.8, 4) is 0 Å². The van der Waals surface area contributed by atoms with Crippen LogP contribution in [0.2, 0.25) is 0 Å². The van der Waals surface area contributed by atoms with Gasteiger partial charge in [-0.25, -0.2) is 4.79 Å². The number of carbonyl (C=O) groups excluding carboxylic acids is 1. The Balaban J connectivity index is 2.11. The van der Waals surface area contributed by atoms with Crippen LogP contribution in [0.5, 0.6) is 0 Å². The second kappa shape index (κ2) is 7.84. The number of piperidine rings is 1. The van der Waals surface area contributed by atoms with E-state index in [1.165, 1.54) is 12.8 Å². The highest BCUT2D eigenvalue weighted by atomic mass is 16.3. The molecular weight excluding hydrogens is 254 g/mol. The van der Waals surface area contributed by atoms with Crippen molar-refractivity contribution in [2.24, 2.45) is 11.3 Å². The van der Waals surface area contributed by atoms with E-state index in [-0.39, 0.29) is 18.0 Å². The Bertz CT molecular complexity index is 302. The Kier molecular flexibility index (Phi) is 6.76. The van der Waals surface area contributed by atoms with Gasteiger partial charge in [-0.2, -0.15) is 0 Å². The molecule has 2 atom stereocenters. The highest BCUT2D eigenvalue weighted by Gasteiger charge is 2.22. The van der Waals surface area contributed by atoms with E-state index in [0.717, 1.165) is 25.6 Å². The lowest BCUT2D eigenvalue weighted by Crippen LogP contribution is -2.46. The highest BCUT2D eigenvalue weighted by molar-refractivity contribution is 5.73. The van der Waals surface area contributed by atoms with E-state index >= 15 is 0 Å². The Labute approximate surface area is 123 Å². The van der Waals surface area contributed by atoms with Gasteiger partial charge in [-0.1, -0.05) is 27.7 Å². The molecule has 3 N–H and O–H groups in total. The Morgan fingerprint density at radius 3 is 2.70 bits per heavy atom. The van der Waals surface area contributed by atoms with Gasteiger partial charge in [-0.05, 0) is 30.7 Å². The molecule has 1 fully saturated rings. The number of likely N-dealkylation sites (tertiary alicyclic amines) is 1. The van der Waals surface area contributed by atoms with Crippen molar-refractivity contribution in [3.05, 3.63) is 0 Å². The van der Waals surface area contributed by atoms with Gasteiger partial charge in [0.25, 0.3) is 0 Å². The molecule has 5 heteroatoms. The van der Waals surface area contributed by atoms with E-state index in [4.69, 9.17) is 0 Å². The molecule has 0 bridgehead atoms. The first-order chi connectivity index (χ1) is 9.29. The fraction of sp³-hybridized carbons (Fsp3) is 0.933. The third-order valence-electron chi connectivity index (χ3n) is 3.91. The summed E-state index contributed by atoms with van der Waals surface area (Å²) in [5.74, 6) is 0.763. The van der Waals surface area contributed by atoms with Gasteiger partial charge in [-0.15, -0.1) is 0 Å². The number of rotatable bonds is 5. The molecule has 1 aliphatic rings. The van der Waals surface area contributed by atoms with Crippen LogP contribution in [0, 0.1) is 11.3 Å². The predicted molar refractivity (Wildman–Crippen MR) is 81.7 cm³/mol. The lowest BCUT2D eigenvalue weighted by molar-refractivity contribution is 0.0649. The molecule has 2 unspecified atom stereocenters. The van der Waals surface area contributed by atoms with Crippen molar-refractivity contribution in [2.45, 2.75) is 46.6 Å².